The number of halogens is 1. The number of aliphatic hydroxyl groups is 1. The van der Waals surface area contributed by atoms with Crippen LogP contribution < -0.4 is 5.32 Å². The number of carbonyl (C=O) groups is 3. The first-order valence-electron chi connectivity index (χ1n) is 11.1. The van der Waals surface area contributed by atoms with E-state index in [1.54, 1.807) is 24.0 Å². The lowest BCUT2D eigenvalue weighted by molar-refractivity contribution is -0.155. The fourth-order valence-corrected chi connectivity index (χ4v) is 5.08. The molecule has 1 aliphatic heterocycles. The average molecular weight is 463 g/mol. The van der Waals surface area contributed by atoms with E-state index in [9.17, 15) is 19.5 Å². The standard InChI is InChI=1S/C24H31ClN2O5/c1-4-32-24(31)18-14(2)10-11-16-19(18)23(30)27(12-5-6-13-28)21(16)22(29)26-20-15(3)8-7-9-17(20)25/h7-11,14,16,18-19,21,28H,4-6,12-13H2,1-3H3,(H,26,29)/t14-,16+,18-,19+,21+/m1/s1. The molecule has 0 spiro atoms. The highest BCUT2D eigenvalue weighted by Gasteiger charge is 2.56. The zero-order valence-electron chi connectivity index (χ0n) is 18.7. The Balaban J connectivity index is 1.96. The molecule has 8 heteroatoms. The number of amides is 2. The second-order valence-electron chi connectivity index (χ2n) is 8.45. The monoisotopic (exact) mass is 462 g/mol. The third-order valence-corrected chi connectivity index (χ3v) is 6.69. The number of allylic oxidation sites excluding steroid dienone is 1. The molecule has 2 amide bonds. The second kappa shape index (κ2) is 10.5. The summed E-state index contributed by atoms with van der Waals surface area (Å²) in [6.45, 7) is 6.03. The van der Waals surface area contributed by atoms with Gasteiger partial charge in [-0.1, -0.05) is 42.8 Å². The van der Waals surface area contributed by atoms with E-state index >= 15 is 0 Å². The van der Waals surface area contributed by atoms with Crippen molar-refractivity contribution in [3.63, 3.8) is 0 Å². The predicted molar refractivity (Wildman–Crippen MR) is 122 cm³/mol. The molecule has 1 saturated heterocycles. The molecule has 1 aromatic carbocycles. The van der Waals surface area contributed by atoms with Gasteiger partial charge in [0.15, 0.2) is 0 Å². The molecule has 0 unspecified atom stereocenters. The Labute approximate surface area is 193 Å². The van der Waals surface area contributed by atoms with Crippen LogP contribution >= 0.6 is 11.6 Å². The highest BCUT2D eigenvalue weighted by atomic mass is 35.5. The summed E-state index contributed by atoms with van der Waals surface area (Å²) < 4.78 is 5.27. The van der Waals surface area contributed by atoms with Crippen LogP contribution in [-0.2, 0) is 19.1 Å². The van der Waals surface area contributed by atoms with Gasteiger partial charge in [-0.25, -0.2) is 0 Å². The zero-order chi connectivity index (χ0) is 23.4. The number of benzene rings is 1. The summed E-state index contributed by atoms with van der Waals surface area (Å²) in [5.74, 6) is -2.91. The summed E-state index contributed by atoms with van der Waals surface area (Å²) in [6, 6.07) is 4.58. The molecule has 1 aliphatic carbocycles. The van der Waals surface area contributed by atoms with Crippen LogP contribution in [0, 0.1) is 30.6 Å². The summed E-state index contributed by atoms with van der Waals surface area (Å²) in [6.07, 6.45) is 4.86. The van der Waals surface area contributed by atoms with Gasteiger partial charge in [0.05, 0.1) is 29.2 Å². The van der Waals surface area contributed by atoms with E-state index < -0.39 is 29.8 Å². The molecule has 174 valence electrons. The number of aliphatic hydroxyl groups excluding tert-OH is 1. The molecule has 32 heavy (non-hydrogen) atoms. The number of hydrogen-bond acceptors (Lipinski definition) is 5. The minimum absolute atomic E-state index is 0.00690. The van der Waals surface area contributed by atoms with Crippen LogP contribution in [0.2, 0.25) is 5.02 Å². The van der Waals surface area contributed by atoms with Crippen LogP contribution in [0.1, 0.15) is 32.3 Å². The average Bonchev–Trinajstić information content (AvgIpc) is 3.03. The van der Waals surface area contributed by atoms with Crippen molar-refractivity contribution in [2.24, 2.45) is 23.7 Å². The number of rotatable bonds is 8. The van der Waals surface area contributed by atoms with E-state index in [2.05, 4.69) is 5.32 Å². The Morgan fingerprint density at radius 1 is 1.25 bits per heavy atom. The number of fused-ring (bicyclic) bond motifs is 1. The number of nitrogens with one attached hydrogen (secondary N) is 1. The zero-order valence-corrected chi connectivity index (χ0v) is 19.5. The molecule has 7 nitrogen and oxygen atoms in total. The molecule has 0 bridgehead atoms. The maximum atomic E-state index is 13.5. The highest BCUT2D eigenvalue weighted by molar-refractivity contribution is 6.34. The summed E-state index contributed by atoms with van der Waals surface area (Å²) in [5.41, 5.74) is 1.33. The number of para-hydroxylation sites is 1. The minimum Gasteiger partial charge on any atom is -0.466 e. The molecular formula is C24H31ClN2O5. The number of unbranched alkanes of at least 4 members (excludes halogenated alkanes) is 1. The van der Waals surface area contributed by atoms with Crippen LogP contribution in [0.4, 0.5) is 5.69 Å². The van der Waals surface area contributed by atoms with Crippen molar-refractivity contribution in [1.82, 2.24) is 4.90 Å². The van der Waals surface area contributed by atoms with Crippen LogP contribution in [0.5, 0.6) is 0 Å². The van der Waals surface area contributed by atoms with Gasteiger partial charge >= 0.3 is 5.97 Å². The van der Waals surface area contributed by atoms with Crippen molar-refractivity contribution in [3.8, 4) is 0 Å². The highest BCUT2D eigenvalue weighted by Crippen LogP contribution is 2.44. The van der Waals surface area contributed by atoms with Gasteiger partial charge in [0.2, 0.25) is 11.8 Å². The molecular weight excluding hydrogens is 432 g/mol. The van der Waals surface area contributed by atoms with Crippen molar-refractivity contribution in [2.45, 2.75) is 39.7 Å². The molecule has 0 saturated carbocycles. The third kappa shape index (κ3) is 4.69. The molecule has 1 aromatic rings. The summed E-state index contributed by atoms with van der Waals surface area (Å²) in [4.78, 5) is 41.3. The van der Waals surface area contributed by atoms with Crippen LogP contribution in [-0.4, -0.2) is 53.6 Å². The Bertz CT molecular complexity index is 882. The van der Waals surface area contributed by atoms with Crippen molar-refractivity contribution in [2.75, 3.05) is 25.1 Å². The number of ether oxygens (including phenoxy) is 1. The number of hydrogen-bond donors (Lipinski definition) is 2. The SMILES string of the molecule is CCOC(=O)[C@H]1[C@H]2C(=O)N(CCCCO)[C@H](C(=O)Nc3c(C)cccc3Cl)[C@H]2C=C[C@H]1C. The molecule has 2 N–H and O–H groups in total. The van der Waals surface area contributed by atoms with Crippen molar-refractivity contribution >= 4 is 35.1 Å². The molecule has 1 fully saturated rings. The Morgan fingerprint density at radius 3 is 2.66 bits per heavy atom. The lowest BCUT2D eigenvalue weighted by atomic mass is 9.70. The fourth-order valence-electron chi connectivity index (χ4n) is 4.81. The fraction of sp³-hybridized carbons (Fsp3) is 0.542. The van der Waals surface area contributed by atoms with E-state index in [4.69, 9.17) is 16.3 Å². The smallest absolute Gasteiger partial charge is 0.310 e. The normalized spacial score (nSPS) is 26.7. The van der Waals surface area contributed by atoms with E-state index in [-0.39, 0.29) is 30.9 Å². The van der Waals surface area contributed by atoms with Gasteiger partial charge in [0, 0.05) is 19.1 Å². The van der Waals surface area contributed by atoms with Crippen molar-refractivity contribution in [3.05, 3.63) is 40.9 Å². The van der Waals surface area contributed by atoms with Crippen molar-refractivity contribution in [1.29, 1.82) is 0 Å². The van der Waals surface area contributed by atoms with Crippen molar-refractivity contribution < 1.29 is 24.2 Å². The van der Waals surface area contributed by atoms with E-state index in [0.29, 0.717) is 30.1 Å². The molecule has 0 radical (unpaired) electrons. The van der Waals surface area contributed by atoms with Crippen LogP contribution in [0.3, 0.4) is 0 Å². The Morgan fingerprint density at radius 2 is 2.00 bits per heavy atom. The maximum Gasteiger partial charge on any atom is 0.310 e. The topological polar surface area (TPSA) is 95.9 Å². The lowest BCUT2D eigenvalue weighted by Crippen LogP contribution is -2.44. The Hall–Kier alpha value is -2.38. The molecule has 2 aliphatic rings. The molecule has 3 rings (SSSR count). The third-order valence-electron chi connectivity index (χ3n) is 6.38. The minimum atomic E-state index is -0.775. The maximum absolute atomic E-state index is 13.5. The summed E-state index contributed by atoms with van der Waals surface area (Å²) in [7, 11) is 0. The van der Waals surface area contributed by atoms with Crippen LogP contribution in [0.25, 0.3) is 0 Å². The van der Waals surface area contributed by atoms with Gasteiger partial charge in [-0.2, -0.15) is 0 Å². The number of nitrogens with zero attached hydrogens (tertiary/aromatic N) is 1. The van der Waals surface area contributed by atoms with E-state index in [1.165, 1.54) is 0 Å². The second-order valence-corrected chi connectivity index (χ2v) is 8.86. The first-order chi connectivity index (χ1) is 15.3. The van der Waals surface area contributed by atoms with Crippen LogP contribution in [0.15, 0.2) is 30.4 Å². The first kappa shape index (κ1) is 24.3. The van der Waals surface area contributed by atoms with Gasteiger partial charge < -0.3 is 20.1 Å². The number of anilines is 1. The van der Waals surface area contributed by atoms with Gasteiger partial charge in [-0.15, -0.1) is 0 Å². The molecule has 5 atom stereocenters. The largest absolute Gasteiger partial charge is 0.466 e. The van der Waals surface area contributed by atoms with E-state index in [1.807, 2.05) is 32.1 Å². The quantitative estimate of drug-likeness (QED) is 0.351. The molecule has 0 aromatic heterocycles. The number of esters is 1. The van der Waals surface area contributed by atoms with Gasteiger partial charge in [-0.3, -0.25) is 14.4 Å². The first-order valence-corrected chi connectivity index (χ1v) is 11.5. The predicted octanol–water partition coefficient (Wildman–Crippen LogP) is 3.19. The summed E-state index contributed by atoms with van der Waals surface area (Å²) in [5, 5.41) is 12.5. The number of carbonyl (C=O) groups excluding carboxylic acids is 3. The van der Waals surface area contributed by atoms with Gasteiger partial charge in [0.25, 0.3) is 0 Å². The van der Waals surface area contributed by atoms with Gasteiger partial charge in [-0.05, 0) is 44.2 Å². The summed E-state index contributed by atoms with van der Waals surface area (Å²) >= 11 is 6.31. The van der Waals surface area contributed by atoms with E-state index in [0.717, 1.165) is 5.56 Å². The number of likely N-dealkylation sites (tertiary alicyclic amines) is 1. The number of aryl methyl sites for hydroxylation is 1. The Kier molecular flexibility index (Phi) is 7.96. The molecule has 1 heterocycles. The van der Waals surface area contributed by atoms with Gasteiger partial charge in [0.1, 0.15) is 6.04 Å². The lowest BCUT2D eigenvalue weighted by Gasteiger charge is -2.32.